The summed E-state index contributed by atoms with van der Waals surface area (Å²) in [7, 11) is 1.71. The minimum absolute atomic E-state index is 0.166. The summed E-state index contributed by atoms with van der Waals surface area (Å²) in [6.07, 6.45) is 1.11. The van der Waals surface area contributed by atoms with Gasteiger partial charge in [-0.3, -0.25) is 9.79 Å². The second-order valence-corrected chi connectivity index (χ2v) is 4.83. The van der Waals surface area contributed by atoms with E-state index in [1.807, 2.05) is 24.3 Å². The third-order valence-electron chi connectivity index (χ3n) is 2.73. The van der Waals surface area contributed by atoms with Crippen LogP contribution in [-0.2, 0) is 16.1 Å². The topological polar surface area (TPSA) is 62.7 Å². The van der Waals surface area contributed by atoms with Crippen molar-refractivity contribution in [3.8, 4) is 0 Å². The van der Waals surface area contributed by atoms with Crippen molar-refractivity contribution >= 4 is 23.5 Å². The van der Waals surface area contributed by atoms with E-state index in [2.05, 4.69) is 15.6 Å². The van der Waals surface area contributed by atoms with Crippen LogP contribution < -0.4 is 10.6 Å². The summed E-state index contributed by atoms with van der Waals surface area (Å²) in [6, 6.07) is 7.65. The van der Waals surface area contributed by atoms with Crippen molar-refractivity contribution in [1.82, 2.24) is 10.6 Å². The second-order valence-electron chi connectivity index (χ2n) is 4.39. The molecule has 0 saturated carbocycles. The number of nitrogens with zero attached hydrogens (tertiary/aromatic N) is 1. The van der Waals surface area contributed by atoms with Gasteiger partial charge in [0.2, 0.25) is 0 Å². The van der Waals surface area contributed by atoms with E-state index in [4.69, 9.17) is 16.3 Å². The Balaban J connectivity index is 2.25. The molecule has 21 heavy (non-hydrogen) atoms. The number of aliphatic imine (C=N–C) groups is 1. The molecule has 1 aromatic carbocycles. The number of rotatable bonds is 7. The van der Waals surface area contributed by atoms with Crippen LogP contribution >= 0.6 is 11.6 Å². The molecule has 0 fully saturated rings. The van der Waals surface area contributed by atoms with Gasteiger partial charge in [-0.05, 0) is 31.0 Å². The largest absolute Gasteiger partial charge is 0.466 e. The fourth-order valence-electron chi connectivity index (χ4n) is 1.73. The summed E-state index contributed by atoms with van der Waals surface area (Å²) >= 11 is 5.93. The number of hydrogen-bond acceptors (Lipinski definition) is 3. The third-order valence-corrected chi connectivity index (χ3v) is 2.96. The van der Waals surface area contributed by atoms with E-state index in [9.17, 15) is 4.79 Å². The van der Waals surface area contributed by atoms with Crippen molar-refractivity contribution in [3.63, 3.8) is 0 Å². The number of carbonyl (C=O) groups is 1. The van der Waals surface area contributed by atoms with Crippen molar-refractivity contribution in [3.05, 3.63) is 34.9 Å². The summed E-state index contributed by atoms with van der Waals surface area (Å²) in [5, 5.41) is 7.05. The fraction of sp³-hybridized carbons (Fsp3) is 0.467. The number of ether oxygens (including phenoxy) is 1. The van der Waals surface area contributed by atoms with E-state index in [0.29, 0.717) is 43.5 Å². The Kier molecular flexibility index (Phi) is 8.28. The number of halogens is 1. The molecule has 1 aromatic rings. The summed E-state index contributed by atoms with van der Waals surface area (Å²) < 4.78 is 4.87. The molecule has 0 aromatic heterocycles. The summed E-state index contributed by atoms with van der Waals surface area (Å²) in [4.78, 5) is 15.3. The van der Waals surface area contributed by atoms with Crippen molar-refractivity contribution in [2.24, 2.45) is 4.99 Å². The average molecular weight is 312 g/mol. The molecule has 116 valence electrons. The quantitative estimate of drug-likeness (QED) is 0.351. The van der Waals surface area contributed by atoms with Crippen molar-refractivity contribution < 1.29 is 9.53 Å². The monoisotopic (exact) mass is 311 g/mol. The Morgan fingerprint density at radius 3 is 2.86 bits per heavy atom. The molecule has 1 rings (SSSR count). The van der Waals surface area contributed by atoms with Crippen LogP contribution in [0.4, 0.5) is 0 Å². The lowest BCUT2D eigenvalue weighted by molar-refractivity contribution is -0.143. The number of benzene rings is 1. The Hall–Kier alpha value is -1.75. The molecule has 0 spiro atoms. The Morgan fingerprint density at radius 2 is 2.19 bits per heavy atom. The number of nitrogens with one attached hydrogen (secondary N) is 2. The molecule has 0 aliphatic carbocycles. The molecule has 0 amide bonds. The highest BCUT2D eigenvalue weighted by Gasteiger charge is 2.02. The second kappa shape index (κ2) is 10.0. The maximum Gasteiger partial charge on any atom is 0.305 e. The van der Waals surface area contributed by atoms with Crippen LogP contribution in [0.5, 0.6) is 0 Å². The van der Waals surface area contributed by atoms with Crippen LogP contribution in [0.15, 0.2) is 29.3 Å². The normalized spacial score (nSPS) is 11.1. The predicted octanol–water partition coefficient (Wildman–Crippen LogP) is 2.35. The first-order chi connectivity index (χ1) is 10.2. The number of esters is 1. The molecule has 0 aliphatic rings. The van der Waals surface area contributed by atoms with E-state index in [-0.39, 0.29) is 5.97 Å². The van der Waals surface area contributed by atoms with Crippen LogP contribution in [0.2, 0.25) is 5.02 Å². The lowest BCUT2D eigenvalue weighted by Gasteiger charge is -2.12. The molecule has 0 aliphatic heterocycles. The summed E-state index contributed by atoms with van der Waals surface area (Å²) in [5.74, 6) is 0.528. The molecule has 5 nitrogen and oxygen atoms in total. The number of guanidine groups is 1. The first kappa shape index (κ1) is 17.3. The van der Waals surface area contributed by atoms with E-state index >= 15 is 0 Å². The molecular formula is C15H22ClN3O2. The van der Waals surface area contributed by atoms with Crippen LogP contribution in [-0.4, -0.2) is 32.1 Å². The first-order valence-corrected chi connectivity index (χ1v) is 7.38. The zero-order valence-corrected chi connectivity index (χ0v) is 13.2. The van der Waals surface area contributed by atoms with Crippen molar-refractivity contribution in [2.75, 3.05) is 20.2 Å². The van der Waals surface area contributed by atoms with Gasteiger partial charge in [-0.1, -0.05) is 23.7 Å². The molecule has 0 heterocycles. The van der Waals surface area contributed by atoms with Gasteiger partial charge in [-0.2, -0.15) is 0 Å². The number of hydrogen-bond donors (Lipinski definition) is 2. The number of carbonyl (C=O) groups excluding carboxylic acids is 1. The predicted molar refractivity (Wildman–Crippen MR) is 85.5 cm³/mol. The zero-order valence-electron chi connectivity index (χ0n) is 12.5. The van der Waals surface area contributed by atoms with Gasteiger partial charge in [0.15, 0.2) is 5.96 Å². The van der Waals surface area contributed by atoms with E-state index in [1.165, 1.54) is 0 Å². The summed E-state index contributed by atoms with van der Waals surface area (Å²) in [5.41, 5.74) is 1.08. The highest BCUT2D eigenvalue weighted by molar-refractivity contribution is 6.30. The van der Waals surface area contributed by atoms with Gasteiger partial charge in [0, 0.05) is 31.6 Å². The van der Waals surface area contributed by atoms with Gasteiger partial charge in [0.05, 0.1) is 6.61 Å². The SMILES string of the molecule is CCOC(=O)CCCNC(=NC)NCc1cccc(Cl)c1. The smallest absolute Gasteiger partial charge is 0.305 e. The van der Waals surface area contributed by atoms with Crippen LogP contribution in [0.3, 0.4) is 0 Å². The van der Waals surface area contributed by atoms with Gasteiger partial charge in [0.1, 0.15) is 0 Å². The minimum Gasteiger partial charge on any atom is -0.466 e. The average Bonchev–Trinajstić information content (AvgIpc) is 2.47. The van der Waals surface area contributed by atoms with E-state index in [1.54, 1.807) is 14.0 Å². The summed E-state index contributed by atoms with van der Waals surface area (Å²) in [6.45, 7) is 3.53. The van der Waals surface area contributed by atoms with Crippen LogP contribution in [0.25, 0.3) is 0 Å². The van der Waals surface area contributed by atoms with Gasteiger partial charge in [0.25, 0.3) is 0 Å². The third kappa shape index (κ3) is 7.56. The lowest BCUT2D eigenvalue weighted by Crippen LogP contribution is -2.37. The van der Waals surface area contributed by atoms with Crippen molar-refractivity contribution in [1.29, 1.82) is 0 Å². The first-order valence-electron chi connectivity index (χ1n) is 7.00. The van der Waals surface area contributed by atoms with Gasteiger partial charge >= 0.3 is 5.97 Å². The Labute approximate surface area is 130 Å². The van der Waals surface area contributed by atoms with E-state index < -0.39 is 0 Å². The lowest BCUT2D eigenvalue weighted by atomic mass is 10.2. The maximum absolute atomic E-state index is 11.2. The molecule has 6 heteroatoms. The molecule has 2 N–H and O–H groups in total. The van der Waals surface area contributed by atoms with Crippen LogP contribution in [0.1, 0.15) is 25.3 Å². The molecular weight excluding hydrogens is 290 g/mol. The van der Waals surface area contributed by atoms with Gasteiger partial charge in [-0.15, -0.1) is 0 Å². The Bertz CT molecular complexity index is 478. The van der Waals surface area contributed by atoms with Gasteiger partial charge < -0.3 is 15.4 Å². The molecule has 0 unspecified atom stereocenters. The molecule has 0 bridgehead atoms. The van der Waals surface area contributed by atoms with E-state index in [0.717, 1.165) is 5.56 Å². The van der Waals surface area contributed by atoms with Crippen molar-refractivity contribution in [2.45, 2.75) is 26.3 Å². The molecule has 0 radical (unpaired) electrons. The highest BCUT2D eigenvalue weighted by atomic mass is 35.5. The Morgan fingerprint density at radius 1 is 1.38 bits per heavy atom. The zero-order chi connectivity index (χ0) is 15.5. The highest BCUT2D eigenvalue weighted by Crippen LogP contribution is 2.10. The minimum atomic E-state index is -0.166. The standard InChI is InChI=1S/C15H22ClN3O2/c1-3-21-14(20)8-5-9-18-15(17-2)19-11-12-6-4-7-13(16)10-12/h4,6-7,10H,3,5,8-9,11H2,1-2H3,(H2,17,18,19). The van der Waals surface area contributed by atoms with Crippen LogP contribution in [0, 0.1) is 0 Å². The molecule has 0 saturated heterocycles. The molecule has 0 atom stereocenters. The van der Waals surface area contributed by atoms with Gasteiger partial charge in [-0.25, -0.2) is 0 Å². The maximum atomic E-state index is 11.2. The fourth-order valence-corrected chi connectivity index (χ4v) is 1.94.